The van der Waals surface area contributed by atoms with Crippen molar-refractivity contribution < 1.29 is 4.74 Å². The molecular formula is C35H21NOS. The summed E-state index contributed by atoms with van der Waals surface area (Å²) in [5, 5.41) is 9.23. The Labute approximate surface area is 223 Å². The molecule has 0 fully saturated rings. The highest BCUT2D eigenvalue weighted by molar-refractivity contribution is 7.25. The number of thiophene rings is 1. The molecule has 2 heterocycles. The Kier molecular flexibility index (Phi) is 4.73. The van der Waals surface area contributed by atoms with Crippen LogP contribution in [0, 0.1) is 0 Å². The lowest BCUT2D eigenvalue weighted by Crippen LogP contribution is -1.93. The van der Waals surface area contributed by atoms with E-state index in [0.717, 1.165) is 38.4 Å². The number of benzene rings is 6. The number of fused-ring (bicyclic) bond motifs is 6. The molecule has 0 N–H and O–H groups in total. The van der Waals surface area contributed by atoms with Crippen LogP contribution in [0.1, 0.15) is 0 Å². The zero-order valence-electron chi connectivity index (χ0n) is 20.4. The highest BCUT2D eigenvalue weighted by atomic mass is 32.1. The van der Waals surface area contributed by atoms with Gasteiger partial charge in [0.25, 0.3) is 0 Å². The zero-order valence-corrected chi connectivity index (χ0v) is 21.2. The predicted molar refractivity (Wildman–Crippen MR) is 162 cm³/mol. The van der Waals surface area contributed by atoms with Gasteiger partial charge in [-0.1, -0.05) is 91.0 Å². The standard InChI is InChI=1S/C35H21NOS/c1-2-11-23-22(9-1)10-7-15-24(23)33-25-12-3-4-13-26(25)35(27-19-20-36-21-29(27)33)37-30-16-8-18-32-34(30)28-14-5-6-17-31(28)38-32/h1-21H. The molecule has 2 nitrogen and oxygen atoms in total. The number of hydrogen-bond acceptors (Lipinski definition) is 3. The van der Waals surface area contributed by atoms with Crippen molar-refractivity contribution in [2.75, 3.05) is 0 Å². The van der Waals surface area contributed by atoms with Gasteiger partial charge in [0.1, 0.15) is 11.5 Å². The van der Waals surface area contributed by atoms with Crippen LogP contribution < -0.4 is 4.74 Å². The number of nitrogens with zero attached hydrogens (tertiary/aromatic N) is 1. The maximum absolute atomic E-state index is 6.94. The second-order valence-electron chi connectivity index (χ2n) is 9.53. The van der Waals surface area contributed by atoms with Gasteiger partial charge in [0.05, 0.1) is 0 Å². The maximum Gasteiger partial charge on any atom is 0.143 e. The van der Waals surface area contributed by atoms with Crippen LogP contribution in [0.4, 0.5) is 0 Å². The predicted octanol–water partition coefficient (Wildman–Crippen LogP) is 10.4. The van der Waals surface area contributed by atoms with Gasteiger partial charge in [0.2, 0.25) is 0 Å². The Balaban J connectivity index is 1.46. The van der Waals surface area contributed by atoms with E-state index in [9.17, 15) is 0 Å². The van der Waals surface area contributed by atoms with E-state index in [-0.39, 0.29) is 0 Å². The largest absolute Gasteiger partial charge is 0.455 e. The van der Waals surface area contributed by atoms with E-state index in [1.165, 1.54) is 36.7 Å². The first kappa shape index (κ1) is 21.4. The molecule has 38 heavy (non-hydrogen) atoms. The molecule has 6 aromatic carbocycles. The Morgan fingerprint density at radius 3 is 2.13 bits per heavy atom. The van der Waals surface area contributed by atoms with Gasteiger partial charge in [-0.05, 0) is 51.6 Å². The number of hydrogen-bond donors (Lipinski definition) is 0. The first-order valence-electron chi connectivity index (χ1n) is 12.7. The van der Waals surface area contributed by atoms with Crippen molar-refractivity contribution in [1.29, 1.82) is 0 Å². The molecule has 178 valence electrons. The third kappa shape index (κ3) is 3.16. The van der Waals surface area contributed by atoms with Crippen molar-refractivity contribution in [3.05, 3.63) is 128 Å². The molecule has 0 aliphatic rings. The molecule has 0 bridgehead atoms. The molecule has 2 aromatic heterocycles. The minimum Gasteiger partial charge on any atom is -0.455 e. The van der Waals surface area contributed by atoms with Crippen LogP contribution >= 0.6 is 11.3 Å². The molecule has 8 rings (SSSR count). The highest BCUT2D eigenvalue weighted by Crippen LogP contribution is 2.47. The molecule has 3 heteroatoms. The van der Waals surface area contributed by atoms with Crippen molar-refractivity contribution in [1.82, 2.24) is 4.98 Å². The van der Waals surface area contributed by atoms with Crippen LogP contribution in [0.15, 0.2) is 128 Å². The Hall–Kier alpha value is -4.73. The van der Waals surface area contributed by atoms with Gasteiger partial charge < -0.3 is 4.74 Å². The lowest BCUT2D eigenvalue weighted by Gasteiger charge is -2.18. The molecule has 0 aliphatic carbocycles. The van der Waals surface area contributed by atoms with Crippen LogP contribution in [0.3, 0.4) is 0 Å². The van der Waals surface area contributed by atoms with E-state index in [1.807, 2.05) is 12.4 Å². The van der Waals surface area contributed by atoms with E-state index in [4.69, 9.17) is 4.74 Å². The fraction of sp³-hybridized carbons (Fsp3) is 0. The quantitative estimate of drug-likeness (QED) is 0.224. The van der Waals surface area contributed by atoms with E-state index in [2.05, 4.69) is 120 Å². The summed E-state index contributed by atoms with van der Waals surface area (Å²) < 4.78 is 9.44. The number of rotatable bonds is 3. The minimum atomic E-state index is 0.866. The second-order valence-corrected chi connectivity index (χ2v) is 10.6. The molecule has 0 radical (unpaired) electrons. The molecule has 0 amide bonds. The van der Waals surface area contributed by atoms with Crippen LogP contribution in [0.2, 0.25) is 0 Å². The topological polar surface area (TPSA) is 22.1 Å². The van der Waals surface area contributed by atoms with Gasteiger partial charge >= 0.3 is 0 Å². The molecule has 0 saturated heterocycles. The van der Waals surface area contributed by atoms with Crippen molar-refractivity contribution in [3.63, 3.8) is 0 Å². The third-order valence-electron chi connectivity index (χ3n) is 7.41. The average Bonchev–Trinajstić information content (AvgIpc) is 3.37. The summed E-state index contributed by atoms with van der Waals surface area (Å²) in [4.78, 5) is 4.56. The van der Waals surface area contributed by atoms with Gasteiger partial charge in [0, 0.05) is 48.7 Å². The van der Waals surface area contributed by atoms with Gasteiger partial charge in [-0.25, -0.2) is 0 Å². The number of pyridine rings is 1. The van der Waals surface area contributed by atoms with E-state index < -0.39 is 0 Å². The summed E-state index contributed by atoms with van der Waals surface area (Å²) in [5.41, 5.74) is 2.39. The average molecular weight is 504 g/mol. The van der Waals surface area contributed by atoms with Crippen molar-refractivity contribution in [2.24, 2.45) is 0 Å². The van der Waals surface area contributed by atoms with E-state index in [0.29, 0.717) is 0 Å². The Morgan fingerprint density at radius 2 is 1.21 bits per heavy atom. The SMILES string of the molecule is c1ccc2c(-c3c4ccccc4c(Oc4cccc5sc6ccccc6c45)c4ccncc34)cccc2c1. The normalized spacial score (nSPS) is 11.7. The van der Waals surface area contributed by atoms with E-state index in [1.54, 1.807) is 11.3 Å². The molecule has 0 atom stereocenters. The lowest BCUT2D eigenvalue weighted by molar-refractivity contribution is 0.500. The summed E-state index contributed by atoms with van der Waals surface area (Å²) in [6.07, 6.45) is 3.84. The zero-order chi connectivity index (χ0) is 25.1. The molecule has 8 aromatic rings. The van der Waals surface area contributed by atoms with Crippen molar-refractivity contribution in [2.45, 2.75) is 0 Å². The van der Waals surface area contributed by atoms with E-state index >= 15 is 0 Å². The summed E-state index contributed by atoms with van der Waals surface area (Å²) in [7, 11) is 0. The fourth-order valence-corrected chi connectivity index (χ4v) is 6.88. The fourth-order valence-electron chi connectivity index (χ4n) is 5.76. The summed E-state index contributed by atoms with van der Waals surface area (Å²) in [6.45, 7) is 0. The van der Waals surface area contributed by atoms with Crippen molar-refractivity contribution in [3.8, 4) is 22.6 Å². The minimum absolute atomic E-state index is 0.866. The number of aromatic nitrogens is 1. The first-order chi connectivity index (χ1) is 18.9. The highest BCUT2D eigenvalue weighted by Gasteiger charge is 2.19. The molecule has 0 saturated carbocycles. The van der Waals surface area contributed by atoms with Gasteiger partial charge in [-0.15, -0.1) is 11.3 Å². The summed E-state index contributed by atoms with van der Waals surface area (Å²) in [6, 6.07) is 40.7. The van der Waals surface area contributed by atoms with Gasteiger partial charge in [-0.2, -0.15) is 0 Å². The van der Waals surface area contributed by atoms with Crippen molar-refractivity contribution >= 4 is 63.8 Å². The molecule has 0 aliphatic heterocycles. The molecular weight excluding hydrogens is 482 g/mol. The van der Waals surface area contributed by atoms with Crippen LogP contribution in [0.5, 0.6) is 11.5 Å². The first-order valence-corrected chi connectivity index (χ1v) is 13.5. The van der Waals surface area contributed by atoms with Crippen LogP contribution in [-0.4, -0.2) is 4.98 Å². The number of ether oxygens (including phenoxy) is 1. The molecule has 0 unspecified atom stereocenters. The maximum atomic E-state index is 6.94. The lowest BCUT2D eigenvalue weighted by atomic mass is 9.89. The van der Waals surface area contributed by atoms with Gasteiger partial charge in [-0.3, -0.25) is 4.98 Å². The summed E-state index contributed by atoms with van der Waals surface area (Å²) in [5.74, 6) is 1.74. The van der Waals surface area contributed by atoms with Crippen LogP contribution in [0.25, 0.3) is 63.6 Å². The Morgan fingerprint density at radius 1 is 0.526 bits per heavy atom. The molecule has 0 spiro atoms. The summed E-state index contributed by atoms with van der Waals surface area (Å²) >= 11 is 1.80. The van der Waals surface area contributed by atoms with Gasteiger partial charge in [0.15, 0.2) is 0 Å². The Bertz CT molecular complexity index is 2110. The smallest absolute Gasteiger partial charge is 0.143 e. The second kappa shape index (κ2) is 8.41. The third-order valence-corrected chi connectivity index (χ3v) is 8.55. The van der Waals surface area contributed by atoms with Crippen LogP contribution in [-0.2, 0) is 0 Å². The monoisotopic (exact) mass is 503 g/mol.